The molecule has 1 aliphatic heterocycles. The zero-order valence-corrected chi connectivity index (χ0v) is 17.4. The van der Waals surface area contributed by atoms with Crippen molar-refractivity contribution in [2.75, 3.05) is 27.3 Å². The summed E-state index contributed by atoms with van der Waals surface area (Å²) in [4.78, 5) is 15.2. The molecule has 3 rings (SSSR count). The van der Waals surface area contributed by atoms with Crippen LogP contribution in [0.3, 0.4) is 0 Å². The first-order valence-electron chi connectivity index (χ1n) is 10.0. The lowest BCUT2D eigenvalue weighted by Crippen LogP contribution is -2.29. The van der Waals surface area contributed by atoms with Gasteiger partial charge in [0.25, 0.3) is 0 Å². The monoisotopic (exact) mass is 395 g/mol. The summed E-state index contributed by atoms with van der Waals surface area (Å²) < 4.78 is 10.9. The highest BCUT2D eigenvalue weighted by Crippen LogP contribution is 2.40. The van der Waals surface area contributed by atoms with Gasteiger partial charge in [0.15, 0.2) is 5.78 Å². The number of hydrogen-bond donors (Lipinski definition) is 1. The van der Waals surface area contributed by atoms with Gasteiger partial charge in [0, 0.05) is 12.6 Å². The Hall–Kier alpha value is -2.79. The molecule has 0 spiro atoms. The minimum absolute atomic E-state index is 0.0645. The molecule has 154 valence electrons. The van der Waals surface area contributed by atoms with Crippen LogP contribution in [0.1, 0.15) is 46.3 Å². The van der Waals surface area contributed by atoms with Gasteiger partial charge in [-0.1, -0.05) is 42.3 Å². The quantitative estimate of drug-likeness (QED) is 0.548. The van der Waals surface area contributed by atoms with E-state index in [1.165, 1.54) is 19.6 Å². The van der Waals surface area contributed by atoms with Gasteiger partial charge in [-0.2, -0.15) is 0 Å². The fourth-order valence-corrected chi connectivity index (χ4v) is 3.67. The standard InChI is InChI=1S/C24H29NO4/c1-17-7-9-18(10-8-17)11-12-20(26)23-22(29-3)15-21(28-2)19(24(23)27)16-25-13-5-4-6-14-25/h7-12,15,27H,4-6,13-14,16H2,1-3H3. The van der Waals surface area contributed by atoms with Crippen LogP contribution in [-0.2, 0) is 6.54 Å². The summed E-state index contributed by atoms with van der Waals surface area (Å²) in [7, 11) is 3.05. The molecule has 0 atom stereocenters. The predicted octanol–water partition coefficient (Wildman–Crippen LogP) is 4.60. The number of aromatic hydroxyl groups is 1. The molecule has 0 saturated carbocycles. The van der Waals surface area contributed by atoms with E-state index in [1.807, 2.05) is 31.2 Å². The summed E-state index contributed by atoms with van der Waals surface area (Å²) in [6.45, 7) is 4.51. The third-order valence-electron chi connectivity index (χ3n) is 5.35. The average Bonchev–Trinajstić information content (AvgIpc) is 2.75. The molecule has 29 heavy (non-hydrogen) atoms. The van der Waals surface area contributed by atoms with Crippen molar-refractivity contribution in [3.05, 3.63) is 58.7 Å². The maximum Gasteiger partial charge on any atom is 0.193 e. The molecule has 1 saturated heterocycles. The SMILES string of the molecule is COc1cc(OC)c(C(=O)C=Cc2ccc(C)cc2)c(O)c1CN1CCCCC1. The average molecular weight is 395 g/mol. The maximum atomic E-state index is 12.9. The van der Waals surface area contributed by atoms with Gasteiger partial charge in [-0.3, -0.25) is 9.69 Å². The third kappa shape index (κ3) is 4.98. The number of likely N-dealkylation sites (tertiary alicyclic amines) is 1. The van der Waals surface area contributed by atoms with E-state index in [0.717, 1.165) is 37.1 Å². The number of ether oxygens (including phenoxy) is 2. The van der Waals surface area contributed by atoms with E-state index in [-0.39, 0.29) is 17.1 Å². The Morgan fingerprint density at radius 2 is 1.72 bits per heavy atom. The first kappa shape index (κ1) is 20.9. The number of piperidine rings is 1. The molecule has 0 bridgehead atoms. The van der Waals surface area contributed by atoms with Crippen molar-refractivity contribution in [1.82, 2.24) is 4.90 Å². The Bertz CT molecular complexity index is 881. The second-order valence-electron chi connectivity index (χ2n) is 7.43. The normalized spacial score (nSPS) is 14.9. The van der Waals surface area contributed by atoms with Crippen molar-refractivity contribution < 1.29 is 19.4 Å². The number of aryl methyl sites for hydroxylation is 1. The third-order valence-corrected chi connectivity index (χ3v) is 5.35. The van der Waals surface area contributed by atoms with Crippen LogP contribution in [-0.4, -0.2) is 43.1 Å². The van der Waals surface area contributed by atoms with E-state index in [2.05, 4.69) is 4.90 Å². The molecule has 1 aliphatic rings. The van der Waals surface area contributed by atoms with E-state index in [1.54, 1.807) is 19.3 Å². The number of carbonyl (C=O) groups is 1. The molecular formula is C24H29NO4. The van der Waals surface area contributed by atoms with Crippen molar-refractivity contribution in [2.24, 2.45) is 0 Å². The minimum atomic E-state index is -0.303. The molecule has 1 heterocycles. The van der Waals surface area contributed by atoms with Crippen LogP contribution < -0.4 is 9.47 Å². The molecule has 0 aromatic heterocycles. The molecule has 2 aromatic carbocycles. The number of phenols is 1. The molecule has 1 N–H and O–H groups in total. The molecule has 5 heteroatoms. The van der Waals surface area contributed by atoms with Crippen molar-refractivity contribution in [3.63, 3.8) is 0 Å². The van der Waals surface area contributed by atoms with Crippen molar-refractivity contribution in [3.8, 4) is 17.2 Å². The van der Waals surface area contributed by atoms with E-state index in [0.29, 0.717) is 23.6 Å². The number of allylic oxidation sites excluding steroid dienone is 1. The van der Waals surface area contributed by atoms with Gasteiger partial charge in [0.05, 0.1) is 19.8 Å². The zero-order chi connectivity index (χ0) is 20.8. The highest BCUT2D eigenvalue weighted by atomic mass is 16.5. The predicted molar refractivity (Wildman–Crippen MR) is 115 cm³/mol. The van der Waals surface area contributed by atoms with E-state index in [9.17, 15) is 9.90 Å². The van der Waals surface area contributed by atoms with Crippen LogP contribution in [0.25, 0.3) is 6.08 Å². The molecule has 2 aromatic rings. The van der Waals surface area contributed by atoms with Gasteiger partial charge in [-0.05, 0) is 44.5 Å². The van der Waals surface area contributed by atoms with Crippen LogP contribution in [0.2, 0.25) is 0 Å². The number of nitrogens with zero attached hydrogens (tertiary/aromatic N) is 1. The summed E-state index contributed by atoms with van der Waals surface area (Å²) in [5.74, 6) is 0.470. The van der Waals surface area contributed by atoms with Crippen LogP contribution in [0.4, 0.5) is 0 Å². The smallest absolute Gasteiger partial charge is 0.193 e. The minimum Gasteiger partial charge on any atom is -0.507 e. The number of phenolic OH excluding ortho intramolecular Hbond substituents is 1. The Labute approximate surface area is 172 Å². The zero-order valence-electron chi connectivity index (χ0n) is 17.4. The van der Waals surface area contributed by atoms with Crippen molar-refractivity contribution >= 4 is 11.9 Å². The van der Waals surface area contributed by atoms with Crippen LogP contribution in [0.5, 0.6) is 17.2 Å². The highest BCUT2D eigenvalue weighted by molar-refractivity contribution is 6.11. The summed E-state index contributed by atoms with van der Waals surface area (Å²) in [6.07, 6.45) is 6.74. The van der Waals surface area contributed by atoms with Gasteiger partial charge in [0.2, 0.25) is 0 Å². The first-order chi connectivity index (χ1) is 14.0. The van der Waals surface area contributed by atoms with Crippen molar-refractivity contribution in [2.45, 2.75) is 32.7 Å². The van der Waals surface area contributed by atoms with Gasteiger partial charge < -0.3 is 14.6 Å². The largest absolute Gasteiger partial charge is 0.507 e. The van der Waals surface area contributed by atoms with Crippen LogP contribution in [0, 0.1) is 6.92 Å². The second-order valence-corrected chi connectivity index (χ2v) is 7.43. The Kier molecular flexibility index (Phi) is 6.94. The number of hydrogen-bond acceptors (Lipinski definition) is 5. The summed E-state index contributed by atoms with van der Waals surface area (Å²) in [5.41, 5.74) is 2.88. The summed E-state index contributed by atoms with van der Waals surface area (Å²) in [6, 6.07) is 9.57. The summed E-state index contributed by atoms with van der Waals surface area (Å²) in [5, 5.41) is 11.0. The lowest BCUT2D eigenvalue weighted by Gasteiger charge is -2.28. The maximum absolute atomic E-state index is 12.9. The number of benzene rings is 2. The van der Waals surface area contributed by atoms with Gasteiger partial charge in [-0.15, -0.1) is 0 Å². The Morgan fingerprint density at radius 1 is 1.07 bits per heavy atom. The van der Waals surface area contributed by atoms with Crippen LogP contribution >= 0.6 is 0 Å². The molecular weight excluding hydrogens is 366 g/mol. The molecule has 0 unspecified atom stereocenters. The molecule has 0 aliphatic carbocycles. The number of rotatable bonds is 7. The lowest BCUT2D eigenvalue weighted by atomic mass is 10.00. The lowest BCUT2D eigenvalue weighted by molar-refractivity contribution is 0.104. The second kappa shape index (κ2) is 9.61. The fraction of sp³-hybridized carbons (Fsp3) is 0.375. The number of methoxy groups -OCH3 is 2. The van der Waals surface area contributed by atoms with E-state index in [4.69, 9.17) is 9.47 Å². The topological polar surface area (TPSA) is 59.0 Å². The van der Waals surface area contributed by atoms with Crippen molar-refractivity contribution in [1.29, 1.82) is 0 Å². The number of ketones is 1. The first-order valence-corrected chi connectivity index (χ1v) is 10.0. The molecule has 0 radical (unpaired) electrons. The molecule has 0 amide bonds. The van der Waals surface area contributed by atoms with E-state index < -0.39 is 0 Å². The molecule has 5 nitrogen and oxygen atoms in total. The number of carbonyl (C=O) groups excluding carboxylic acids is 1. The van der Waals surface area contributed by atoms with Crippen LogP contribution in [0.15, 0.2) is 36.4 Å². The molecule has 1 fully saturated rings. The van der Waals surface area contributed by atoms with Gasteiger partial charge >= 0.3 is 0 Å². The van der Waals surface area contributed by atoms with Gasteiger partial charge in [-0.25, -0.2) is 0 Å². The Morgan fingerprint density at radius 3 is 2.34 bits per heavy atom. The fourth-order valence-electron chi connectivity index (χ4n) is 3.67. The Balaban J connectivity index is 1.94. The van der Waals surface area contributed by atoms with E-state index >= 15 is 0 Å². The highest BCUT2D eigenvalue weighted by Gasteiger charge is 2.24. The van der Waals surface area contributed by atoms with Gasteiger partial charge in [0.1, 0.15) is 22.8 Å². The summed E-state index contributed by atoms with van der Waals surface area (Å²) >= 11 is 0.